The molecule has 0 fully saturated rings. The zero-order valence-electron chi connectivity index (χ0n) is 14.7. The molecule has 2 N–H and O–H groups in total. The van der Waals surface area contributed by atoms with E-state index in [-0.39, 0.29) is 17.2 Å². The third-order valence-electron chi connectivity index (χ3n) is 4.01. The average Bonchev–Trinajstić information content (AvgIpc) is 3.09. The van der Waals surface area contributed by atoms with Crippen molar-refractivity contribution in [3.63, 3.8) is 0 Å². The second-order valence-corrected chi connectivity index (χ2v) is 7.06. The summed E-state index contributed by atoms with van der Waals surface area (Å²) in [5.41, 5.74) is 2.48. The number of amides is 1. The monoisotopic (exact) mass is 368 g/mol. The molecule has 0 saturated carbocycles. The molecule has 0 saturated heterocycles. The standard InChI is InChI=1S/C20H20N2O3S/c1-13-22-12-19(26-13)15-5-3-14(4-6-15)9-10-21-20(24)17-11-16(25-2)7-8-18(17)23/h3-8,11-12,23H,9-10H2,1-2H3,(H,21,24). The predicted octanol–water partition coefficient (Wildman–Crippen LogP) is 3.81. The molecule has 0 radical (unpaired) electrons. The number of aromatic hydroxyl groups is 1. The number of hydrogen-bond acceptors (Lipinski definition) is 5. The molecule has 3 aromatic rings. The van der Waals surface area contributed by atoms with Crippen LogP contribution in [0, 0.1) is 6.92 Å². The minimum Gasteiger partial charge on any atom is -0.507 e. The summed E-state index contributed by atoms with van der Waals surface area (Å²) in [7, 11) is 1.52. The fourth-order valence-corrected chi connectivity index (χ4v) is 3.35. The van der Waals surface area contributed by atoms with Gasteiger partial charge in [0.1, 0.15) is 11.5 Å². The van der Waals surface area contributed by atoms with Crippen LogP contribution < -0.4 is 10.1 Å². The Morgan fingerprint density at radius 2 is 2.00 bits per heavy atom. The summed E-state index contributed by atoms with van der Waals surface area (Å²) in [6.45, 7) is 2.47. The van der Waals surface area contributed by atoms with E-state index < -0.39 is 0 Å². The number of carbonyl (C=O) groups excluding carboxylic acids is 1. The van der Waals surface area contributed by atoms with Crippen LogP contribution >= 0.6 is 11.3 Å². The van der Waals surface area contributed by atoms with Crippen molar-refractivity contribution in [3.8, 4) is 21.9 Å². The van der Waals surface area contributed by atoms with Crippen LogP contribution in [-0.4, -0.2) is 29.7 Å². The number of hydrogen-bond donors (Lipinski definition) is 2. The summed E-state index contributed by atoms with van der Waals surface area (Å²) in [4.78, 5) is 17.7. The van der Waals surface area contributed by atoms with Gasteiger partial charge in [-0.1, -0.05) is 24.3 Å². The Morgan fingerprint density at radius 1 is 1.23 bits per heavy atom. The zero-order chi connectivity index (χ0) is 18.5. The maximum atomic E-state index is 12.2. The van der Waals surface area contributed by atoms with Crippen molar-refractivity contribution in [3.05, 3.63) is 64.8 Å². The number of phenolic OH excluding ortho intramolecular Hbond substituents is 1. The van der Waals surface area contributed by atoms with Crippen molar-refractivity contribution in [2.45, 2.75) is 13.3 Å². The normalized spacial score (nSPS) is 10.5. The van der Waals surface area contributed by atoms with Gasteiger partial charge in [-0.05, 0) is 42.7 Å². The lowest BCUT2D eigenvalue weighted by atomic mass is 10.1. The Hall–Kier alpha value is -2.86. The van der Waals surface area contributed by atoms with Gasteiger partial charge in [0.2, 0.25) is 0 Å². The summed E-state index contributed by atoms with van der Waals surface area (Å²) < 4.78 is 5.09. The summed E-state index contributed by atoms with van der Waals surface area (Å²) in [6.07, 6.45) is 2.59. The number of rotatable bonds is 6. The maximum absolute atomic E-state index is 12.2. The van der Waals surface area contributed by atoms with Crippen LogP contribution in [0.2, 0.25) is 0 Å². The van der Waals surface area contributed by atoms with Crippen molar-refractivity contribution in [2.75, 3.05) is 13.7 Å². The van der Waals surface area contributed by atoms with E-state index in [4.69, 9.17) is 4.74 Å². The van der Waals surface area contributed by atoms with Crippen LogP contribution in [0.25, 0.3) is 10.4 Å². The molecule has 0 aliphatic rings. The third-order valence-corrected chi connectivity index (χ3v) is 4.97. The van der Waals surface area contributed by atoms with E-state index in [1.54, 1.807) is 17.4 Å². The highest BCUT2D eigenvalue weighted by molar-refractivity contribution is 7.15. The first-order valence-corrected chi connectivity index (χ1v) is 9.05. The lowest BCUT2D eigenvalue weighted by Crippen LogP contribution is -2.25. The fourth-order valence-electron chi connectivity index (χ4n) is 2.57. The number of benzene rings is 2. The highest BCUT2D eigenvalue weighted by Gasteiger charge is 2.12. The number of carbonyl (C=O) groups is 1. The van der Waals surface area contributed by atoms with Gasteiger partial charge in [-0.2, -0.15) is 0 Å². The Morgan fingerprint density at radius 3 is 2.65 bits per heavy atom. The first-order chi connectivity index (χ1) is 12.6. The van der Waals surface area contributed by atoms with E-state index >= 15 is 0 Å². The van der Waals surface area contributed by atoms with Crippen LogP contribution in [0.15, 0.2) is 48.7 Å². The number of phenols is 1. The van der Waals surface area contributed by atoms with Crippen LogP contribution in [0.4, 0.5) is 0 Å². The summed E-state index contributed by atoms with van der Waals surface area (Å²) >= 11 is 1.67. The Kier molecular flexibility index (Phi) is 5.53. The van der Waals surface area contributed by atoms with Gasteiger partial charge in [-0.3, -0.25) is 4.79 Å². The molecule has 6 heteroatoms. The average molecular weight is 368 g/mol. The van der Waals surface area contributed by atoms with Crippen molar-refractivity contribution >= 4 is 17.2 Å². The molecule has 3 rings (SSSR count). The lowest BCUT2D eigenvalue weighted by Gasteiger charge is -2.09. The van der Waals surface area contributed by atoms with Crippen molar-refractivity contribution in [1.82, 2.24) is 10.3 Å². The number of nitrogens with one attached hydrogen (secondary N) is 1. The van der Waals surface area contributed by atoms with Gasteiger partial charge in [-0.25, -0.2) is 4.98 Å². The topological polar surface area (TPSA) is 71.5 Å². The first kappa shape index (κ1) is 17.9. The summed E-state index contributed by atoms with van der Waals surface area (Å²) in [5.74, 6) is 0.146. The van der Waals surface area contributed by atoms with Gasteiger partial charge in [0, 0.05) is 12.7 Å². The molecule has 0 atom stereocenters. The Balaban J connectivity index is 1.57. The van der Waals surface area contributed by atoms with E-state index in [0.717, 1.165) is 21.0 Å². The Labute approximate surface area is 156 Å². The second-order valence-electron chi connectivity index (χ2n) is 5.83. The SMILES string of the molecule is COc1ccc(O)c(C(=O)NCCc2ccc(-c3cnc(C)s3)cc2)c1. The number of ether oxygens (including phenoxy) is 1. The molecule has 0 aliphatic heterocycles. The molecule has 0 aliphatic carbocycles. The van der Waals surface area contributed by atoms with Gasteiger partial charge < -0.3 is 15.2 Å². The molecule has 1 aromatic heterocycles. The molecule has 0 unspecified atom stereocenters. The van der Waals surface area contributed by atoms with Gasteiger partial charge in [0.25, 0.3) is 5.91 Å². The molecule has 26 heavy (non-hydrogen) atoms. The number of thiazole rings is 1. The first-order valence-electron chi connectivity index (χ1n) is 8.24. The molecule has 5 nitrogen and oxygen atoms in total. The number of aromatic nitrogens is 1. The third kappa shape index (κ3) is 4.21. The van der Waals surface area contributed by atoms with Crippen molar-refractivity contribution in [1.29, 1.82) is 0 Å². The predicted molar refractivity (Wildman–Crippen MR) is 103 cm³/mol. The van der Waals surface area contributed by atoms with E-state index in [1.807, 2.05) is 13.1 Å². The molecule has 0 spiro atoms. The molecular formula is C20H20N2O3S. The largest absolute Gasteiger partial charge is 0.507 e. The van der Waals surface area contributed by atoms with Crippen LogP contribution in [0.5, 0.6) is 11.5 Å². The fraction of sp³-hybridized carbons (Fsp3) is 0.200. The maximum Gasteiger partial charge on any atom is 0.255 e. The smallest absolute Gasteiger partial charge is 0.255 e. The summed E-state index contributed by atoms with van der Waals surface area (Å²) in [6, 6.07) is 12.8. The Bertz CT molecular complexity index is 904. The van der Waals surface area contributed by atoms with Gasteiger partial charge in [0.05, 0.1) is 22.6 Å². The quantitative estimate of drug-likeness (QED) is 0.694. The van der Waals surface area contributed by atoms with Gasteiger partial charge >= 0.3 is 0 Å². The molecule has 0 bridgehead atoms. The molecule has 1 amide bonds. The van der Waals surface area contributed by atoms with Crippen LogP contribution in [-0.2, 0) is 6.42 Å². The van der Waals surface area contributed by atoms with Crippen LogP contribution in [0.1, 0.15) is 20.9 Å². The van der Waals surface area contributed by atoms with Crippen molar-refractivity contribution < 1.29 is 14.6 Å². The molecular weight excluding hydrogens is 348 g/mol. The highest BCUT2D eigenvalue weighted by atomic mass is 32.1. The van der Waals surface area contributed by atoms with Crippen LogP contribution in [0.3, 0.4) is 0 Å². The molecule has 134 valence electrons. The van der Waals surface area contributed by atoms with E-state index in [2.05, 4.69) is 34.6 Å². The highest BCUT2D eigenvalue weighted by Crippen LogP contribution is 2.26. The molecule has 1 heterocycles. The van der Waals surface area contributed by atoms with E-state index in [0.29, 0.717) is 18.7 Å². The number of methoxy groups -OCH3 is 1. The summed E-state index contributed by atoms with van der Waals surface area (Å²) in [5, 5.41) is 13.7. The minimum atomic E-state index is -0.321. The van der Waals surface area contributed by atoms with E-state index in [9.17, 15) is 9.90 Å². The van der Waals surface area contributed by atoms with E-state index in [1.165, 1.54) is 19.2 Å². The van der Waals surface area contributed by atoms with Crippen molar-refractivity contribution in [2.24, 2.45) is 0 Å². The number of aryl methyl sites for hydroxylation is 1. The lowest BCUT2D eigenvalue weighted by molar-refractivity contribution is 0.0951. The van der Waals surface area contributed by atoms with Gasteiger partial charge in [0.15, 0.2) is 0 Å². The van der Waals surface area contributed by atoms with Gasteiger partial charge in [-0.15, -0.1) is 11.3 Å². The minimum absolute atomic E-state index is 0.0625. The number of nitrogens with zero attached hydrogens (tertiary/aromatic N) is 1. The zero-order valence-corrected chi connectivity index (χ0v) is 15.5. The second kappa shape index (κ2) is 8.01. The molecule has 2 aromatic carbocycles.